The molecule has 0 spiro atoms. The number of rotatable bonds is 2. The van der Waals surface area contributed by atoms with Crippen molar-refractivity contribution in [1.29, 1.82) is 0 Å². The van der Waals surface area contributed by atoms with E-state index in [2.05, 4.69) is 16.7 Å². The van der Waals surface area contributed by atoms with Crippen molar-refractivity contribution in [3.05, 3.63) is 0 Å². The SMILES string of the molecule is O=C1CCSN1CC#CCN1CCCC1. The van der Waals surface area contributed by atoms with Crippen LogP contribution in [0.1, 0.15) is 19.3 Å². The molecule has 0 atom stereocenters. The van der Waals surface area contributed by atoms with Gasteiger partial charge < -0.3 is 0 Å². The Morgan fingerprint density at radius 3 is 2.60 bits per heavy atom. The fourth-order valence-electron chi connectivity index (χ4n) is 1.81. The van der Waals surface area contributed by atoms with E-state index in [0.29, 0.717) is 13.0 Å². The number of carbonyl (C=O) groups excluding carboxylic acids is 1. The first-order valence-corrected chi connectivity index (χ1v) is 6.42. The summed E-state index contributed by atoms with van der Waals surface area (Å²) in [5.74, 6) is 7.38. The van der Waals surface area contributed by atoms with Crippen molar-refractivity contribution < 1.29 is 4.79 Å². The molecule has 0 aromatic heterocycles. The molecular weight excluding hydrogens is 208 g/mol. The van der Waals surface area contributed by atoms with Gasteiger partial charge in [0.2, 0.25) is 5.91 Å². The predicted molar refractivity (Wildman–Crippen MR) is 62.2 cm³/mol. The van der Waals surface area contributed by atoms with Gasteiger partial charge in [-0.3, -0.25) is 14.0 Å². The smallest absolute Gasteiger partial charge is 0.234 e. The maximum absolute atomic E-state index is 11.3. The van der Waals surface area contributed by atoms with Crippen LogP contribution in [0.2, 0.25) is 0 Å². The largest absolute Gasteiger partial charge is 0.292 e. The van der Waals surface area contributed by atoms with Crippen molar-refractivity contribution in [2.45, 2.75) is 19.3 Å². The molecule has 0 N–H and O–H groups in total. The van der Waals surface area contributed by atoms with Crippen LogP contribution >= 0.6 is 11.9 Å². The molecule has 2 heterocycles. The lowest BCUT2D eigenvalue weighted by atomic mass is 10.4. The molecule has 15 heavy (non-hydrogen) atoms. The average molecular weight is 224 g/mol. The zero-order valence-electron chi connectivity index (χ0n) is 8.87. The summed E-state index contributed by atoms with van der Waals surface area (Å²) >= 11 is 1.60. The van der Waals surface area contributed by atoms with Gasteiger partial charge in [0.25, 0.3) is 0 Å². The number of carbonyl (C=O) groups is 1. The Labute approximate surface area is 95.3 Å². The van der Waals surface area contributed by atoms with Crippen LogP contribution in [0.4, 0.5) is 0 Å². The number of hydrogen-bond donors (Lipinski definition) is 0. The van der Waals surface area contributed by atoms with Crippen LogP contribution < -0.4 is 0 Å². The zero-order valence-corrected chi connectivity index (χ0v) is 9.68. The molecule has 0 aromatic carbocycles. The monoisotopic (exact) mass is 224 g/mol. The van der Waals surface area contributed by atoms with Gasteiger partial charge in [-0.1, -0.05) is 11.8 Å². The Morgan fingerprint density at radius 1 is 1.20 bits per heavy atom. The third-order valence-corrected chi connectivity index (χ3v) is 3.72. The minimum Gasteiger partial charge on any atom is -0.292 e. The van der Waals surface area contributed by atoms with Gasteiger partial charge in [-0.2, -0.15) is 0 Å². The molecule has 2 saturated heterocycles. The highest BCUT2D eigenvalue weighted by molar-refractivity contribution is 7.97. The van der Waals surface area contributed by atoms with E-state index in [-0.39, 0.29) is 5.91 Å². The van der Waals surface area contributed by atoms with Crippen molar-refractivity contribution in [3.8, 4) is 11.8 Å². The number of likely N-dealkylation sites (tertiary alicyclic amines) is 1. The van der Waals surface area contributed by atoms with Gasteiger partial charge in [0.1, 0.15) is 0 Å². The van der Waals surface area contributed by atoms with Gasteiger partial charge in [0.15, 0.2) is 0 Å². The van der Waals surface area contributed by atoms with Crippen molar-refractivity contribution in [2.75, 3.05) is 31.9 Å². The lowest BCUT2D eigenvalue weighted by Crippen LogP contribution is -2.20. The average Bonchev–Trinajstić information content (AvgIpc) is 2.85. The summed E-state index contributed by atoms with van der Waals surface area (Å²) < 4.78 is 1.77. The maximum Gasteiger partial charge on any atom is 0.234 e. The second-order valence-corrected chi connectivity index (χ2v) is 4.96. The number of amides is 1. The van der Waals surface area contributed by atoms with Crippen molar-refractivity contribution >= 4 is 17.9 Å². The van der Waals surface area contributed by atoms with E-state index in [1.807, 2.05) is 0 Å². The Morgan fingerprint density at radius 2 is 1.93 bits per heavy atom. The van der Waals surface area contributed by atoms with Crippen molar-refractivity contribution in [2.24, 2.45) is 0 Å². The molecule has 0 aliphatic carbocycles. The lowest BCUT2D eigenvalue weighted by Gasteiger charge is -2.10. The highest BCUT2D eigenvalue weighted by atomic mass is 32.2. The summed E-state index contributed by atoms with van der Waals surface area (Å²) in [4.78, 5) is 13.6. The van der Waals surface area contributed by atoms with E-state index in [1.165, 1.54) is 25.9 Å². The molecule has 82 valence electrons. The van der Waals surface area contributed by atoms with E-state index in [0.717, 1.165) is 12.3 Å². The van der Waals surface area contributed by atoms with Crippen LogP contribution in [0.3, 0.4) is 0 Å². The predicted octanol–water partition coefficient (Wildman–Crippen LogP) is 0.966. The van der Waals surface area contributed by atoms with E-state index >= 15 is 0 Å². The van der Waals surface area contributed by atoms with E-state index < -0.39 is 0 Å². The Hall–Kier alpha value is -0.660. The third-order valence-electron chi connectivity index (χ3n) is 2.69. The molecule has 3 nitrogen and oxygen atoms in total. The van der Waals surface area contributed by atoms with Crippen molar-refractivity contribution in [1.82, 2.24) is 9.21 Å². The summed E-state index contributed by atoms with van der Waals surface area (Å²) in [5.41, 5.74) is 0. The van der Waals surface area contributed by atoms with Gasteiger partial charge in [0, 0.05) is 12.2 Å². The topological polar surface area (TPSA) is 23.6 Å². The van der Waals surface area contributed by atoms with Crippen LogP contribution in [0.15, 0.2) is 0 Å². The summed E-state index contributed by atoms with van der Waals surface area (Å²) in [6.07, 6.45) is 3.29. The first-order chi connectivity index (χ1) is 7.36. The first-order valence-electron chi connectivity index (χ1n) is 5.47. The van der Waals surface area contributed by atoms with Gasteiger partial charge in [-0.05, 0) is 37.9 Å². The Balaban J connectivity index is 1.68. The van der Waals surface area contributed by atoms with E-state index in [4.69, 9.17) is 0 Å². The Kier molecular flexibility index (Phi) is 3.93. The highest BCUT2D eigenvalue weighted by Gasteiger charge is 2.19. The third kappa shape index (κ3) is 3.15. The maximum atomic E-state index is 11.3. The van der Waals surface area contributed by atoms with Crippen LogP contribution in [0, 0.1) is 11.8 Å². The summed E-state index contributed by atoms with van der Waals surface area (Å²) in [7, 11) is 0. The molecule has 2 aliphatic heterocycles. The fourth-order valence-corrected chi connectivity index (χ4v) is 2.69. The summed E-state index contributed by atoms with van der Waals surface area (Å²) in [5, 5.41) is 0. The molecule has 0 saturated carbocycles. The molecule has 2 fully saturated rings. The van der Waals surface area contributed by atoms with Crippen LogP contribution in [0.25, 0.3) is 0 Å². The standard InChI is InChI=1S/C11H16N2OS/c14-11-5-10-15-13(11)9-4-3-8-12-6-1-2-7-12/h1-2,5-10H2. The minimum absolute atomic E-state index is 0.232. The molecule has 2 rings (SSSR count). The fraction of sp³-hybridized carbons (Fsp3) is 0.727. The first kappa shape index (κ1) is 10.8. The molecule has 1 amide bonds. The lowest BCUT2D eigenvalue weighted by molar-refractivity contribution is -0.124. The van der Waals surface area contributed by atoms with Gasteiger partial charge in [0.05, 0.1) is 13.1 Å². The molecule has 0 radical (unpaired) electrons. The van der Waals surface area contributed by atoms with Gasteiger partial charge in [-0.25, -0.2) is 0 Å². The van der Waals surface area contributed by atoms with Crippen LogP contribution in [-0.4, -0.2) is 47.0 Å². The van der Waals surface area contributed by atoms with Gasteiger partial charge >= 0.3 is 0 Å². The second kappa shape index (κ2) is 5.43. The minimum atomic E-state index is 0.232. The Bertz CT molecular complexity index is 289. The molecule has 0 aromatic rings. The number of nitrogens with zero attached hydrogens (tertiary/aromatic N) is 2. The molecule has 4 heteroatoms. The van der Waals surface area contributed by atoms with Crippen LogP contribution in [0.5, 0.6) is 0 Å². The molecule has 0 unspecified atom stereocenters. The van der Waals surface area contributed by atoms with E-state index in [1.54, 1.807) is 16.3 Å². The molecular formula is C11H16N2OS. The molecule has 2 aliphatic rings. The van der Waals surface area contributed by atoms with E-state index in [9.17, 15) is 4.79 Å². The molecule has 0 bridgehead atoms. The normalized spacial score (nSPS) is 21.9. The quantitative estimate of drug-likeness (QED) is 0.516. The highest BCUT2D eigenvalue weighted by Crippen LogP contribution is 2.19. The summed E-state index contributed by atoms with van der Waals surface area (Å²) in [6.45, 7) is 3.84. The van der Waals surface area contributed by atoms with Gasteiger partial charge in [-0.15, -0.1) is 0 Å². The number of hydrogen-bond acceptors (Lipinski definition) is 3. The van der Waals surface area contributed by atoms with Crippen molar-refractivity contribution in [3.63, 3.8) is 0 Å². The van der Waals surface area contributed by atoms with Crippen LogP contribution in [-0.2, 0) is 4.79 Å². The summed E-state index contributed by atoms with van der Waals surface area (Å²) in [6, 6.07) is 0. The zero-order chi connectivity index (χ0) is 10.5. The second-order valence-electron chi connectivity index (χ2n) is 3.85.